The Labute approximate surface area is 50.4 Å². The van der Waals surface area contributed by atoms with Gasteiger partial charge in [0.15, 0.2) is 0 Å². The van der Waals surface area contributed by atoms with Crippen LogP contribution in [0.2, 0.25) is 0 Å². The Morgan fingerprint density at radius 3 is 2.88 bits per heavy atom. The summed E-state index contributed by atoms with van der Waals surface area (Å²) in [5.74, 6) is 0. The smallest absolute Gasteiger partial charge is 0.109 e. The van der Waals surface area contributed by atoms with Crippen LogP contribution in [-0.2, 0) is 0 Å². The predicted octanol–water partition coefficient (Wildman–Crippen LogP) is 1.52. The minimum atomic E-state index is 0.884. The third-order valence-electron chi connectivity index (χ3n) is 0.804. The van der Waals surface area contributed by atoms with Gasteiger partial charge >= 0.3 is 0 Å². The van der Waals surface area contributed by atoms with Crippen LogP contribution in [0.25, 0.3) is 0 Å². The number of unbranched alkanes of at least 4 members (excludes halogenated alkanes) is 1. The van der Waals surface area contributed by atoms with E-state index < -0.39 is 0 Å². The lowest BCUT2D eigenvalue weighted by atomic mass is 10.3. The molecule has 2 heteroatoms. The van der Waals surface area contributed by atoms with Gasteiger partial charge in [-0.05, 0) is 13.1 Å². The van der Waals surface area contributed by atoms with Gasteiger partial charge in [-0.2, -0.15) is 0 Å². The van der Waals surface area contributed by atoms with Crippen LogP contribution in [0.1, 0.15) is 19.8 Å². The predicted molar refractivity (Wildman–Crippen MR) is 37.8 cm³/mol. The van der Waals surface area contributed by atoms with Crippen LogP contribution in [0.15, 0.2) is 9.98 Å². The van der Waals surface area contributed by atoms with Crippen molar-refractivity contribution in [1.29, 1.82) is 0 Å². The van der Waals surface area contributed by atoms with Crippen LogP contribution in [0.5, 0.6) is 0 Å². The maximum absolute atomic E-state index is 3.93. The van der Waals surface area contributed by atoms with Crippen molar-refractivity contribution in [3.8, 4) is 0 Å². The Morgan fingerprint density at radius 1 is 1.62 bits per heavy atom. The van der Waals surface area contributed by atoms with E-state index in [-0.39, 0.29) is 0 Å². The number of rotatable bonds is 4. The summed E-state index contributed by atoms with van der Waals surface area (Å²) in [5, 5.41) is 0. The molecule has 0 radical (unpaired) electrons. The lowest BCUT2D eigenvalue weighted by Gasteiger charge is -1.84. The van der Waals surface area contributed by atoms with E-state index in [0.717, 1.165) is 13.0 Å². The first-order chi connectivity index (χ1) is 3.91. The molecule has 0 saturated heterocycles. The van der Waals surface area contributed by atoms with Crippen LogP contribution in [0.4, 0.5) is 0 Å². The maximum atomic E-state index is 3.93. The first-order valence-electron chi connectivity index (χ1n) is 2.86. The first-order valence-corrected chi connectivity index (χ1v) is 2.86. The van der Waals surface area contributed by atoms with Gasteiger partial charge in [-0.1, -0.05) is 13.3 Å². The summed E-state index contributed by atoms with van der Waals surface area (Å²) in [6.45, 7) is 6.28. The van der Waals surface area contributed by atoms with E-state index in [2.05, 4.69) is 23.6 Å². The normalized spacial score (nSPS) is 10.1. The topological polar surface area (TPSA) is 24.7 Å². The quantitative estimate of drug-likeness (QED) is 0.299. The molecule has 0 aliphatic heterocycles. The number of hydrogen-bond acceptors (Lipinski definition) is 1. The SMILES string of the molecule is C=N/C=N\CCCC. The molecule has 0 aromatic heterocycles. The fraction of sp³-hybridized carbons (Fsp3) is 0.667. The van der Waals surface area contributed by atoms with Crippen LogP contribution < -0.4 is 0 Å². The minimum absolute atomic E-state index is 0.884. The third kappa shape index (κ3) is 5.34. The van der Waals surface area contributed by atoms with E-state index in [4.69, 9.17) is 0 Å². The molecule has 0 aromatic carbocycles. The van der Waals surface area contributed by atoms with Crippen molar-refractivity contribution in [3.05, 3.63) is 0 Å². The minimum Gasteiger partial charge on any atom is -0.274 e. The zero-order valence-electron chi connectivity index (χ0n) is 5.30. The van der Waals surface area contributed by atoms with Crippen molar-refractivity contribution in [1.82, 2.24) is 0 Å². The Morgan fingerprint density at radius 2 is 2.38 bits per heavy atom. The molecule has 8 heavy (non-hydrogen) atoms. The molecular formula is C6H12N2. The summed E-state index contributed by atoms with van der Waals surface area (Å²) >= 11 is 0. The maximum Gasteiger partial charge on any atom is 0.109 e. The Hall–Kier alpha value is -0.660. The largest absolute Gasteiger partial charge is 0.274 e. The molecule has 0 N–H and O–H groups in total. The summed E-state index contributed by atoms with van der Waals surface area (Å²) in [4.78, 5) is 7.39. The molecule has 0 aliphatic rings. The van der Waals surface area contributed by atoms with Gasteiger partial charge in [-0.15, -0.1) is 0 Å². The molecule has 0 heterocycles. The van der Waals surface area contributed by atoms with Crippen LogP contribution in [0, 0.1) is 0 Å². The highest BCUT2D eigenvalue weighted by atomic mass is 14.8. The third-order valence-corrected chi connectivity index (χ3v) is 0.804. The van der Waals surface area contributed by atoms with E-state index >= 15 is 0 Å². The summed E-state index contributed by atoms with van der Waals surface area (Å²) in [6, 6.07) is 0. The highest BCUT2D eigenvalue weighted by Crippen LogP contribution is 1.84. The highest BCUT2D eigenvalue weighted by Gasteiger charge is 1.74. The molecule has 0 rings (SSSR count). The Bertz CT molecular complexity index is 76.6. The van der Waals surface area contributed by atoms with Crippen LogP contribution in [0.3, 0.4) is 0 Å². The monoisotopic (exact) mass is 112 g/mol. The van der Waals surface area contributed by atoms with E-state index in [9.17, 15) is 0 Å². The second-order valence-electron chi connectivity index (χ2n) is 1.56. The molecule has 0 fully saturated rings. The molecule has 0 unspecified atom stereocenters. The van der Waals surface area contributed by atoms with Crippen molar-refractivity contribution in [3.63, 3.8) is 0 Å². The van der Waals surface area contributed by atoms with Gasteiger partial charge in [0.05, 0.1) is 0 Å². The molecule has 0 aliphatic carbocycles. The molecule has 0 atom stereocenters. The standard InChI is InChI=1S/C6H12N2/c1-3-4-5-8-6-7-2/h6H,2-5H2,1H3/b8-6-. The molecule has 46 valence electrons. The molecule has 0 amide bonds. The second-order valence-corrected chi connectivity index (χ2v) is 1.56. The lowest BCUT2D eigenvalue weighted by Crippen LogP contribution is -1.77. The highest BCUT2D eigenvalue weighted by molar-refractivity contribution is 5.61. The number of hydrogen-bond donors (Lipinski definition) is 0. The number of nitrogens with zero attached hydrogens (tertiary/aromatic N) is 2. The van der Waals surface area contributed by atoms with Crippen molar-refractivity contribution in [2.45, 2.75) is 19.8 Å². The van der Waals surface area contributed by atoms with Gasteiger partial charge < -0.3 is 0 Å². The fourth-order valence-corrected chi connectivity index (χ4v) is 0.365. The van der Waals surface area contributed by atoms with Crippen molar-refractivity contribution >= 4 is 13.1 Å². The molecule has 0 spiro atoms. The lowest BCUT2D eigenvalue weighted by molar-refractivity contribution is 0.809. The van der Waals surface area contributed by atoms with Gasteiger partial charge in [-0.25, -0.2) is 0 Å². The van der Waals surface area contributed by atoms with Crippen molar-refractivity contribution in [2.75, 3.05) is 6.54 Å². The van der Waals surface area contributed by atoms with E-state index in [1.807, 2.05) is 0 Å². The van der Waals surface area contributed by atoms with Crippen molar-refractivity contribution in [2.24, 2.45) is 9.98 Å². The summed E-state index contributed by atoms with van der Waals surface area (Å²) in [6.07, 6.45) is 3.83. The van der Waals surface area contributed by atoms with Gasteiger partial charge in [-0.3, -0.25) is 9.98 Å². The van der Waals surface area contributed by atoms with Crippen LogP contribution in [-0.4, -0.2) is 19.6 Å². The molecule has 0 saturated carbocycles. The van der Waals surface area contributed by atoms with Gasteiger partial charge in [0, 0.05) is 6.54 Å². The average Bonchev–Trinajstić information content (AvgIpc) is 1.81. The molecule has 0 bridgehead atoms. The Kier molecular flexibility index (Phi) is 5.82. The summed E-state index contributed by atoms with van der Waals surface area (Å²) < 4.78 is 0. The van der Waals surface area contributed by atoms with Gasteiger partial charge in [0.2, 0.25) is 0 Å². The van der Waals surface area contributed by atoms with Crippen LogP contribution >= 0.6 is 0 Å². The molecule has 0 aromatic rings. The first kappa shape index (κ1) is 7.34. The number of aliphatic imine (C=N–C) groups is 2. The van der Waals surface area contributed by atoms with E-state index in [1.54, 1.807) is 0 Å². The van der Waals surface area contributed by atoms with Crippen molar-refractivity contribution < 1.29 is 0 Å². The van der Waals surface area contributed by atoms with Gasteiger partial charge in [0.1, 0.15) is 6.34 Å². The van der Waals surface area contributed by atoms with E-state index in [1.165, 1.54) is 12.8 Å². The fourth-order valence-electron chi connectivity index (χ4n) is 0.365. The zero-order valence-corrected chi connectivity index (χ0v) is 5.30. The second kappa shape index (κ2) is 6.34. The summed E-state index contributed by atoms with van der Waals surface area (Å²) in [7, 11) is 0. The average molecular weight is 112 g/mol. The zero-order chi connectivity index (χ0) is 6.24. The van der Waals surface area contributed by atoms with Gasteiger partial charge in [0.25, 0.3) is 0 Å². The molecule has 2 nitrogen and oxygen atoms in total. The molecular weight excluding hydrogens is 100 g/mol. The Balaban J connectivity index is 2.91. The summed E-state index contributed by atoms with van der Waals surface area (Å²) in [5.41, 5.74) is 0. The van der Waals surface area contributed by atoms with E-state index in [0.29, 0.717) is 0 Å².